The minimum atomic E-state index is -0.659. The first-order valence-corrected chi connectivity index (χ1v) is 6.95. The number of ether oxygens (including phenoxy) is 1. The molecule has 1 fully saturated rings. The van der Waals surface area contributed by atoms with Crippen LogP contribution in [-0.4, -0.2) is 24.7 Å². The van der Waals surface area contributed by atoms with E-state index in [4.69, 9.17) is 4.74 Å². The number of benzene rings is 1. The Morgan fingerprint density at radius 2 is 2.32 bits per heavy atom. The van der Waals surface area contributed by atoms with E-state index >= 15 is 0 Å². The van der Waals surface area contributed by atoms with Gasteiger partial charge in [-0.1, -0.05) is 6.07 Å². The van der Waals surface area contributed by atoms with Crippen LogP contribution < -0.4 is 10.6 Å². The first-order valence-electron chi connectivity index (χ1n) is 6.95. The molecule has 2 aliphatic rings. The molecule has 0 spiro atoms. The highest BCUT2D eigenvalue weighted by molar-refractivity contribution is 5.97. The highest BCUT2D eigenvalue weighted by Gasteiger charge is 2.37. The Morgan fingerprint density at radius 1 is 1.42 bits per heavy atom. The molecule has 2 N–H and O–H groups in total. The summed E-state index contributed by atoms with van der Waals surface area (Å²) >= 11 is 0. The normalized spacial score (nSPS) is 25.9. The monoisotopic (exact) mass is 260 g/mol. The van der Waals surface area contributed by atoms with Crippen LogP contribution in [0.3, 0.4) is 0 Å². The number of hydrogen-bond acceptors (Lipinski definition) is 3. The van der Waals surface area contributed by atoms with Crippen molar-refractivity contribution in [3.8, 4) is 0 Å². The van der Waals surface area contributed by atoms with Crippen LogP contribution in [0.1, 0.15) is 30.9 Å². The van der Waals surface area contributed by atoms with Gasteiger partial charge in [0.2, 0.25) is 0 Å². The molecule has 102 valence electrons. The van der Waals surface area contributed by atoms with Gasteiger partial charge in [-0.15, -0.1) is 0 Å². The molecule has 4 nitrogen and oxygen atoms in total. The second-order valence-corrected chi connectivity index (χ2v) is 5.55. The maximum absolute atomic E-state index is 12.3. The molecule has 0 bridgehead atoms. The van der Waals surface area contributed by atoms with Gasteiger partial charge < -0.3 is 15.4 Å². The van der Waals surface area contributed by atoms with E-state index in [2.05, 4.69) is 22.8 Å². The summed E-state index contributed by atoms with van der Waals surface area (Å²) in [7, 11) is 0. The zero-order valence-electron chi connectivity index (χ0n) is 11.3. The maximum atomic E-state index is 12.3. The fourth-order valence-corrected chi connectivity index (χ4v) is 2.78. The van der Waals surface area contributed by atoms with Crippen molar-refractivity contribution < 1.29 is 9.53 Å². The third-order valence-corrected chi connectivity index (χ3v) is 4.05. The van der Waals surface area contributed by atoms with Crippen LogP contribution in [0, 0.1) is 0 Å². The van der Waals surface area contributed by atoms with Crippen molar-refractivity contribution in [2.75, 3.05) is 18.5 Å². The highest BCUT2D eigenvalue weighted by Crippen LogP contribution is 2.27. The quantitative estimate of drug-likeness (QED) is 0.853. The molecule has 1 saturated heterocycles. The van der Waals surface area contributed by atoms with Gasteiger partial charge in [0.1, 0.15) is 5.60 Å². The number of anilines is 1. The van der Waals surface area contributed by atoms with Crippen LogP contribution in [0.4, 0.5) is 5.69 Å². The summed E-state index contributed by atoms with van der Waals surface area (Å²) in [6.07, 6.45) is 2.81. The van der Waals surface area contributed by atoms with Gasteiger partial charge in [0.15, 0.2) is 0 Å². The van der Waals surface area contributed by atoms with Crippen LogP contribution >= 0.6 is 0 Å². The summed E-state index contributed by atoms with van der Waals surface area (Å²) in [6.45, 7) is 4.46. The molecule has 19 heavy (non-hydrogen) atoms. The van der Waals surface area contributed by atoms with Crippen molar-refractivity contribution in [3.63, 3.8) is 0 Å². The largest absolute Gasteiger partial charge is 0.365 e. The van der Waals surface area contributed by atoms with Crippen molar-refractivity contribution in [2.24, 2.45) is 0 Å². The van der Waals surface area contributed by atoms with E-state index < -0.39 is 5.60 Å². The van der Waals surface area contributed by atoms with Crippen LogP contribution in [0.5, 0.6) is 0 Å². The zero-order valence-corrected chi connectivity index (χ0v) is 11.3. The number of nitrogens with one attached hydrogen (secondary N) is 2. The lowest BCUT2D eigenvalue weighted by Gasteiger charge is -2.23. The molecule has 1 aromatic rings. The predicted molar refractivity (Wildman–Crippen MR) is 74.1 cm³/mol. The molecule has 1 unspecified atom stereocenters. The lowest BCUT2D eigenvalue weighted by atomic mass is 9.99. The molecule has 1 atom stereocenters. The van der Waals surface area contributed by atoms with Gasteiger partial charge in [0, 0.05) is 18.8 Å². The fraction of sp³-hybridized carbons (Fsp3) is 0.533. The first-order chi connectivity index (χ1) is 9.17. The van der Waals surface area contributed by atoms with Gasteiger partial charge in [-0.05, 0) is 56.0 Å². The average Bonchev–Trinajstić information content (AvgIpc) is 2.87. The van der Waals surface area contributed by atoms with Crippen molar-refractivity contribution >= 4 is 11.6 Å². The number of rotatable bonds is 2. The minimum absolute atomic E-state index is 0.0336. The first kappa shape index (κ1) is 12.6. The van der Waals surface area contributed by atoms with Gasteiger partial charge in [-0.2, -0.15) is 0 Å². The second kappa shape index (κ2) is 4.94. The van der Waals surface area contributed by atoms with Gasteiger partial charge in [-0.25, -0.2) is 0 Å². The molecule has 0 saturated carbocycles. The van der Waals surface area contributed by atoms with Crippen LogP contribution in [0.25, 0.3) is 0 Å². The molecule has 2 aliphatic heterocycles. The van der Waals surface area contributed by atoms with Crippen molar-refractivity contribution in [1.82, 2.24) is 5.32 Å². The molecule has 1 amide bonds. The summed E-state index contributed by atoms with van der Waals surface area (Å²) in [5.74, 6) is -0.0336. The van der Waals surface area contributed by atoms with Crippen molar-refractivity contribution in [1.29, 1.82) is 0 Å². The topological polar surface area (TPSA) is 50.4 Å². The standard InChI is InChI=1S/C15H20N2O2/c1-15(6-2-8-19-15)14(18)17-13-4-3-11-5-7-16-10-12(11)9-13/h3-4,9,16H,2,5-8,10H2,1H3,(H,17,18). The van der Waals surface area contributed by atoms with Crippen LogP contribution in [-0.2, 0) is 22.5 Å². The molecule has 0 aliphatic carbocycles. The lowest BCUT2D eigenvalue weighted by Crippen LogP contribution is -2.39. The van der Waals surface area contributed by atoms with E-state index in [1.54, 1.807) is 0 Å². The van der Waals surface area contributed by atoms with Gasteiger partial charge >= 0.3 is 0 Å². The Bertz CT molecular complexity index is 493. The predicted octanol–water partition coefficient (Wildman–Crippen LogP) is 1.84. The summed E-state index contributed by atoms with van der Waals surface area (Å²) in [5, 5.41) is 6.33. The molecule has 1 aromatic carbocycles. The molecule has 4 heteroatoms. The van der Waals surface area contributed by atoms with E-state index in [-0.39, 0.29) is 5.91 Å². The summed E-state index contributed by atoms with van der Waals surface area (Å²) < 4.78 is 5.56. The fourth-order valence-electron chi connectivity index (χ4n) is 2.78. The molecular formula is C15H20N2O2. The molecule has 3 rings (SSSR count). The minimum Gasteiger partial charge on any atom is -0.365 e. The Morgan fingerprint density at radius 3 is 3.11 bits per heavy atom. The Labute approximate surface area is 113 Å². The third-order valence-electron chi connectivity index (χ3n) is 4.05. The number of carbonyl (C=O) groups excluding carboxylic acids is 1. The Hall–Kier alpha value is -1.39. The number of hydrogen-bond donors (Lipinski definition) is 2. The van der Waals surface area contributed by atoms with Gasteiger partial charge in [0.05, 0.1) is 0 Å². The van der Waals surface area contributed by atoms with E-state index in [1.165, 1.54) is 11.1 Å². The van der Waals surface area contributed by atoms with E-state index in [1.807, 2.05) is 13.0 Å². The summed E-state index contributed by atoms with van der Waals surface area (Å²) in [5.41, 5.74) is 2.86. The van der Waals surface area contributed by atoms with E-state index in [0.717, 1.165) is 38.0 Å². The van der Waals surface area contributed by atoms with Gasteiger partial charge in [0.25, 0.3) is 5.91 Å². The van der Waals surface area contributed by atoms with E-state index in [9.17, 15) is 4.79 Å². The summed E-state index contributed by atoms with van der Waals surface area (Å²) in [4.78, 5) is 12.3. The maximum Gasteiger partial charge on any atom is 0.256 e. The van der Waals surface area contributed by atoms with Crippen molar-refractivity contribution in [2.45, 2.75) is 38.3 Å². The SMILES string of the molecule is CC1(C(=O)Nc2ccc3c(c2)CNCC3)CCCO1. The molecule has 0 radical (unpaired) electrons. The van der Waals surface area contributed by atoms with Crippen LogP contribution in [0.15, 0.2) is 18.2 Å². The van der Waals surface area contributed by atoms with Gasteiger partial charge in [-0.3, -0.25) is 4.79 Å². The number of fused-ring (bicyclic) bond motifs is 1. The number of carbonyl (C=O) groups is 1. The summed E-state index contributed by atoms with van der Waals surface area (Å²) in [6, 6.07) is 6.17. The van der Waals surface area contributed by atoms with Crippen LogP contribution in [0.2, 0.25) is 0 Å². The lowest BCUT2D eigenvalue weighted by molar-refractivity contribution is -0.133. The van der Waals surface area contributed by atoms with Crippen molar-refractivity contribution in [3.05, 3.63) is 29.3 Å². The Kier molecular flexibility index (Phi) is 3.29. The smallest absolute Gasteiger partial charge is 0.256 e. The highest BCUT2D eigenvalue weighted by atomic mass is 16.5. The molecule has 0 aromatic heterocycles. The Balaban J connectivity index is 1.74. The zero-order chi connectivity index (χ0) is 13.3. The third kappa shape index (κ3) is 2.51. The van der Waals surface area contributed by atoms with E-state index in [0.29, 0.717) is 6.61 Å². The average molecular weight is 260 g/mol. The molecule has 2 heterocycles. The molecular weight excluding hydrogens is 240 g/mol. The number of amides is 1. The second-order valence-electron chi connectivity index (χ2n) is 5.55.